The molecule has 0 heterocycles. The lowest BCUT2D eigenvalue weighted by Crippen LogP contribution is -2.41. The molecule has 17 heavy (non-hydrogen) atoms. The molecular formula is C15H31NO. The molecule has 1 aliphatic carbocycles. The Bertz CT molecular complexity index is 213. The topological polar surface area (TPSA) is 21.3 Å². The van der Waals surface area contributed by atoms with Crippen LogP contribution in [0, 0.1) is 11.8 Å². The van der Waals surface area contributed by atoms with Crippen LogP contribution >= 0.6 is 0 Å². The molecule has 0 saturated heterocycles. The van der Waals surface area contributed by atoms with Gasteiger partial charge in [0.1, 0.15) is 0 Å². The van der Waals surface area contributed by atoms with E-state index in [2.05, 4.69) is 33.0 Å². The van der Waals surface area contributed by atoms with Gasteiger partial charge >= 0.3 is 0 Å². The highest BCUT2D eigenvalue weighted by Crippen LogP contribution is 2.28. The van der Waals surface area contributed by atoms with Crippen molar-refractivity contribution in [2.24, 2.45) is 11.8 Å². The van der Waals surface area contributed by atoms with Crippen molar-refractivity contribution in [1.82, 2.24) is 5.32 Å². The zero-order valence-corrected chi connectivity index (χ0v) is 12.4. The van der Waals surface area contributed by atoms with Gasteiger partial charge in [-0.05, 0) is 44.9 Å². The van der Waals surface area contributed by atoms with Gasteiger partial charge in [0.2, 0.25) is 0 Å². The molecular weight excluding hydrogens is 210 g/mol. The average Bonchev–Trinajstić information content (AvgIpc) is 2.52. The van der Waals surface area contributed by atoms with Gasteiger partial charge in [-0.1, -0.05) is 26.7 Å². The van der Waals surface area contributed by atoms with Crippen LogP contribution in [0.15, 0.2) is 0 Å². The van der Waals surface area contributed by atoms with Gasteiger partial charge in [-0.3, -0.25) is 0 Å². The second-order valence-electron chi connectivity index (χ2n) is 6.55. The number of rotatable bonds is 5. The molecule has 2 heteroatoms. The summed E-state index contributed by atoms with van der Waals surface area (Å²) in [4.78, 5) is 0. The fourth-order valence-corrected chi connectivity index (χ4v) is 2.66. The summed E-state index contributed by atoms with van der Waals surface area (Å²) < 4.78 is 5.46. The second kappa shape index (κ2) is 6.75. The molecule has 0 spiro atoms. The Morgan fingerprint density at radius 2 is 1.88 bits per heavy atom. The lowest BCUT2D eigenvalue weighted by Gasteiger charge is -2.27. The maximum atomic E-state index is 5.46. The van der Waals surface area contributed by atoms with Crippen LogP contribution in [0.25, 0.3) is 0 Å². The lowest BCUT2D eigenvalue weighted by atomic mass is 9.89. The predicted molar refractivity (Wildman–Crippen MR) is 74.3 cm³/mol. The third kappa shape index (κ3) is 5.39. The molecule has 102 valence electrons. The van der Waals surface area contributed by atoms with E-state index in [-0.39, 0.29) is 5.60 Å². The van der Waals surface area contributed by atoms with E-state index in [9.17, 15) is 0 Å². The molecule has 0 amide bonds. The molecule has 0 aromatic heterocycles. The number of hydrogen-bond donors (Lipinski definition) is 1. The fraction of sp³-hybridized carbons (Fsp3) is 1.00. The zero-order chi connectivity index (χ0) is 12.9. The molecule has 0 aromatic rings. The van der Waals surface area contributed by atoms with E-state index >= 15 is 0 Å². The summed E-state index contributed by atoms with van der Waals surface area (Å²) in [5.74, 6) is 1.79. The Morgan fingerprint density at radius 3 is 2.47 bits per heavy atom. The van der Waals surface area contributed by atoms with Crippen molar-refractivity contribution in [3.05, 3.63) is 0 Å². The lowest BCUT2D eigenvalue weighted by molar-refractivity contribution is 0.0206. The quantitative estimate of drug-likeness (QED) is 0.743. The first-order valence-corrected chi connectivity index (χ1v) is 7.23. The van der Waals surface area contributed by atoms with Crippen molar-refractivity contribution < 1.29 is 4.74 Å². The monoisotopic (exact) mass is 241 g/mol. The van der Waals surface area contributed by atoms with Crippen LogP contribution in [-0.2, 0) is 4.74 Å². The first-order valence-electron chi connectivity index (χ1n) is 7.23. The Morgan fingerprint density at radius 1 is 1.18 bits per heavy atom. The minimum absolute atomic E-state index is 0.0379. The molecule has 1 N–H and O–H groups in total. The second-order valence-corrected chi connectivity index (χ2v) is 6.55. The summed E-state index contributed by atoms with van der Waals surface area (Å²) in [6, 6.07) is 0.702. The largest absolute Gasteiger partial charge is 0.377 e. The SMILES string of the molecule is COC(C)(C)CNC1CCCC(C(C)C)CC1. The van der Waals surface area contributed by atoms with E-state index < -0.39 is 0 Å². The van der Waals surface area contributed by atoms with Crippen LogP contribution in [0.5, 0.6) is 0 Å². The molecule has 2 nitrogen and oxygen atoms in total. The minimum atomic E-state index is -0.0379. The van der Waals surface area contributed by atoms with E-state index in [1.807, 2.05) is 0 Å². The minimum Gasteiger partial charge on any atom is -0.377 e. The van der Waals surface area contributed by atoms with Gasteiger partial charge in [0.15, 0.2) is 0 Å². The summed E-state index contributed by atoms with van der Waals surface area (Å²) in [5.41, 5.74) is -0.0379. The molecule has 0 radical (unpaired) electrons. The van der Waals surface area contributed by atoms with Crippen LogP contribution in [0.3, 0.4) is 0 Å². The van der Waals surface area contributed by atoms with Gasteiger partial charge in [0.05, 0.1) is 5.60 Å². The van der Waals surface area contributed by atoms with Crippen LogP contribution in [0.2, 0.25) is 0 Å². The number of ether oxygens (including phenoxy) is 1. The summed E-state index contributed by atoms with van der Waals surface area (Å²) in [7, 11) is 1.80. The van der Waals surface area contributed by atoms with Gasteiger partial charge < -0.3 is 10.1 Å². The highest BCUT2D eigenvalue weighted by atomic mass is 16.5. The predicted octanol–water partition coefficient (Wildman–Crippen LogP) is 3.61. The Kier molecular flexibility index (Phi) is 5.94. The molecule has 2 unspecified atom stereocenters. The van der Waals surface area contributed by atoms with E-state index in [0.717, 1.165) is 18.4 Å². The molecule has 0 aliphatic heterocycles. The van der Waals surface area contributed by atoms with E-state index in [1.165, 1.54) is 32.1 Å². The summed E-state index contributed by atoms with van der Waals surface area (Å²) in [6.45, 7) is 9.99. The summed E-state index contributed by atoms with van der Waals surface area (Å²) >= 11 is 0. The van der Waals surface area contributed by atoms with Crippen molar-refractivity contribution in [2.75, 3.05) is 13.7 Å². The van der Waals surface area contributed by atoms with Crippen LogP contribution in [0.4, 0.5) is 0 Å². The summed E-state index contributed by atoms with van der Waals surface area (Å²) in [6.07, 6.45) is 6.87. The van der Waals surface area contributed by atoms with Gasteiger partial charge in [0, 0.05) is 19.7 Å². The number of hydrogen-bond acceptors (Lipinski definition) is 2. The Balaban J connectivity index is 2.32. The zero-order valence-electron chi connectivity index (χ0n) is 12.4. The molecule has 1 rings (SSSR count). The van der Waals surface area contributed by atoms with Crippen molar-refractivity contribution in [1.29, 1.82) is 0 Å². The van der Waals surface area contributed by atoms with Gasteiger partial charge in [-0.2, -0.15) is 0 Å². The maximum Gasteiger partial charge on any atom is 0.0746 e. The van der Waals surface area contributed by atoms with Gasteiger partial charge in [-0.25, -0.2) is 0 Å². The third-order valence-corrected chi connectivity index (χ3v) is 4.33. The average molecular weight is 241 g/mol. The maximum absolute atomic E-state index is 5.46. The Hall–Kier alpha value is -0.0800. The van der Waals surface area contributed by atoms with E-state index in [0.29, 0.717) is 6.04 Å². The van der Waals surface area contributed by atoms with Gasteiger partial charge in [0.25, 0.3) is 0 Å². The molecule has 0 aromatic carbocycles. The van der Waals surface area contributed by atoms with Crippen molar-refractivity contribution in [3.63, 3.8) is 0 Å². The van der Waals surface area contributed by atoms with Crippen molar-refractivity contribution in [2.45, 2.75) is 71.4 Å². The highest BCUT2D eigenvalue weighted by Gasteiger charge is 2.23. The van der Waals surface area contributed by atoms with Crippen molar-refractivity contribution in [3.8, 4) is 0 Å². The molecule has 1 fully saturated rings. The first kappa shape index (κ1) is 15.0. The van der Waals surface area contributed by atoms with Crippen LogP contribution < -0.4 is 5.32 Å². The smallest absolute Gasteiger partial charge is 0.0746 e. The highest BCUT2D eigenvalue weighted by molar-refractivity contribution is 4.79. The van der Waals surface area contributed by atoms with Crippen LogP contribution in [-0.4, -0.2) is 25.3 Å². The molecule has 1 saturated carbocycles. The summed E-state index contributed by atoms with van der Waals surface area (Å²) in [5, 5.41) is 3.69. The fourth-order valence-electron chi connectivity index (χ4n) is 2.66. The first-order chi connectivity index (χ1) is 7.94. The van der Waals surface area contributed by atoms with Gasteiger partial charge in [-0.15, -0.1) is 0 Å². The van der Waals surface area contributed by atoms with Crippen LogP contribution in [0.1, 0.15) is 59.8 Å². The molecule has 2 atom stereocenters. The number of methoxy groups -OCH3 is 1. The van der Waals surface area contributed by atoms with Crippen molar-refractivity contribution >= 4 is 0 Å². The molecule has 0 bridgehead atoms. The van der Waals surface area contributed by atoms with E-state index in [4.69, 9.17) is 4.74 Å². The normalized spacial score (nSPS) is 27.2. The van der Waals surface area contributed by atoms with E-state index in [1.54, 1.807) is 7.11 Å². The third-order valence-electron chi connectivity index (χ3n) is 4.33. The Labute approximate surface area is 108 Å². The standard InChI is InChI=1S/C15H31NO/c1-12(2)13-7-6-8-14(10-9-13)16-11-15(3,4)17-5/h12-14,16H,6-11H2,1-5H3. The molecule has 1 aliphatic rings. The number of nitrogens with one attached hydrogen (secondary N) is 1.